The van der Waals surface area contributed by atoms with Gasteiger partial charge in [0.15, 0.2) is 18.0 Å². The van der Waals surface area contributed by atoms with Crippen molar-refractivity contribution in [2.75, 3.05) is 12.3 Å². The van der Waals surface area contributed by atoms with Crippen LogP contribution in [0.5, 0.6) is 0 Å². The van der Waals surface area contributed by atoms with E-state index in [0.29, 0.717) is 0 Å². The number of alkyl halides is 1. The summed E-state index contributed by atoms with van der Waals surface area (Å²) in [5, 5.41) is 0. The van der Waals surface area contributed by atoms with Crippen LogP contribution in [-0.4, -0.2) is 46.0 Å². The molecule has 0 radical (unpaired) electrons. The van der Waals surface area contributed by atoms with Crippen molar-refractivity contribution < 1.29 is 28.2 Å². The van der Waals surface area contributed by atoms with Gasteiger partial charge in [-0.25, -0.2) is 9.18 Å². The maximum atomic E-state index is 15.7. The molecule has 2 N–H and O–H groups in total. The van der Waals surface area contributed by atoms with Crippen LogP contribution in [0.4, 0.5) is 10.2 Å². The summed E-state index contributed by atoms with van der Waals surface area (Å²) in [4.78, 5) is 39.6. The number of rotatable bonds is 6. The Morgan fingerprint density at radius 3 is 2.46 bits per heavy atom. The molecule has 0 aromatic carbocycles. The van der Waals surface area contributed by atoms with Crippen LogP contribution in [0, 0.1) is 11.8 Å². The van der Waals surface area contributed by atoms with Gasteiger partial charge in [0.2, 0.25) is 0 Å². The summed E-state index contributed by atoms with van der Waals surface area (Å²) in [6.07, 6.45) is -2.69. The molecule has 4 atom stereocenters. The minimum atomic E-state index is -2.29. The van der Waals surface area contributed by atoms with Crippen LogP contribution in [0.3, 0.4) is 0 Å². The summed E-state index contributed by atoms with van der Waals surface area (Å²) in [5.41, 5.74) is 2.36. The van der Waals surface area contributed by atoms with E-state index in [1.807, 2.05) is 0 Å². The lowest BCUT2D eigenvalue weighted by molar-refractivity contribution is -0.165. The summed E-state index contributed by atoms with van der Waals surface area (Å²) in [6.45, 7) is 7.33. The minimum absolute atomic E-state index is 0.0231. The molecule has 0 amide bonds. The molecule has 0 saturated carbocycles. The van der Waals surface area contributed by atoms with Gasteiger partial charge in [0.1, 0.15) is 18.5 Å². The zero-order valence-corrected chi connectivity index (χ0v) is 16.5. The molecule has 1 aliphatic heterocycles. The third kappa shape index (κ3) is 4.49. The number of ether oxygens (including phenoxy) is 3. The van der Waals surface area contributed by atoms with Crippen LogP contribution in [0.25, 0.3) is 0 Å². The van der Waals surface area contributed by atoms with Crippen LogP contribution < -0.4 is 11.4 Å². The first kappa shape index (κ1) is 21.8. The number of carbonyl (C=O) groups is 2. The molecule has 0 bridgehead atoms. The van der Waals surface area contributed by atoms with E-state index >= 15 is 4.39 Å². The van der Waals surface area contributed by atoms with Gasteiger partial charge in [-0.1, -0.05) is 27.7 Å². The largest absolute Gasteiger partial charge is 0.463 e. The predicted octanol–water partition coefficient (Wildman–Crippen LogP) is 1.22. The number of anilines is 1. The molecule has 1 saturated heterocycles. The molecular weight excluding hydrogens is 373 g/mol. The average Bonchev–Trinajstić information content (AvgIpc) is 2.83. The Kier molecular flexibility index (Phi) is 6.43. The Labute approximate surface area is 162 Å². The smallest absolute Gasteiger partial charge is 0.351 e. The van der Waals surface area contributed by atoms with E-state index in [1.165, 1.54) is 12.3 Å². The molecule has 0 aliphatic carbocycles. The Hall–Kier alpha value is -2.49. The third-order valence-corrected chi connectivity index (χ3v) is 4.36. The van der Waals surface area contributed by atoms with Crippen molar-refractivity contribution in [2.45, 2.75) is 58.7 Å². The van der Waals surface area contributed by atoms with Crippen molar-refractivity contribution in [1.29, 1.82) is 0 Å². The monoisotopic (exact) mass is 399 g/mol. The molecule has 28 heavy (non-hydrogen) atoms. The predicted molar refractivity (Wildman–Crippen MR) is 96.8 cm³/mol. The molecule has 1 aliphatic rings. The topological polar surface area (TPSA) is 123 Å². The summed E-state index contributed by atoms with van der Waals surface area (Å²) >= 11 is 0. The summed E-state index contributed by atoms with van der Waals surface area (Å²) in [6, 6.07) is 1.32. The zero-order valence-electron chi connectivity index (χ0n) is 16.5. The molecule has 10 heteroatoms. The third-order valence-electron chi connectivity index (χ3n) is 4.36. The Bertz CT molecular complexity index is 792. The van der Waals surface area contributed by atoms with Crippen LogP contribution in [-0.2, 0) is 23.8 Å². The number of nitrogens with zero attached hydrogens (tertiary/aromatic N) is 2. The fourth-order valence-corrected chi connectivity index (χ4v) is 2.73. The Morgan fingerprint density at radius 1 is 1.32 bits per heavy atom. The standard InChI is InChI=1S/C18H26FN3O6/c1-9(2)14(23)26-8-11-13(28-15(24)10(3)4)18(5,19)16(27-11)22-7-6-12(20)21-17(22)25/h6-7,9-11,13,16H,8H2,1-5H3,(H2,20,21,25)/t11?,13-,16-,18-/m1/s1. The number of nitrogen functional groups attached to an aromatic ring is 1. The lowest BCUT2D eigenvalue weighted by Gasteiger charge is -2.28. The van der Waals surface area contributed by atoms with Crippen molar-refractivity contribution in [2.24, 2.45) is 11.8 Å². The average molecular weight is 399 g/mol. The molecule has 2 rings (SSSR count). The van der Waals surface area contributed by atoms with Crippen LogP contribution >= 0.6 is 0 Å². The van der Waals surface area contributed by atoms with Gasteiger partial charge >= 0.3 is 17.6 Å². The Balaban J connectivity index is 2.34. The van der Waals surface area contributed by atoms with Crippen LogP contribution in [0.1, 0.15) is 40.8 Å². The molecule has 2 heterocycles. The first-order valence-corrected chi connectivity index (χ1v) is 9.01. The zero-order chi connectivity index (χ0) is 21.2. The van der Waals surface area contributed by atoms with E-state index in [9.17, 15) is 14.4 Å². The Morgan fingerprint density at radius 2 is 1.93 bits per heavy atom. The number of halogens is 1. The number of esters is 2. The molecule has 1 unspecified atom stereocenters. The molecule has 0 spiro atoms. The van der Waals surface area contributed by atoms with Crippen molar-refractivity contribution in [3.63, 3.8) is 0 Å². The molecule has 1 aromatic heterocycles. The molecule has 1 fully saturated rings. The molecule has 156 valence electrons. The first-order chi connectivity index (χ1) is 12.9. The quantitative estimate of drug-likeness (QED) is 0.709. The van der Waals surface area contributed by atoms with E-state index in [0.717, 1.165) is 11.5 Å². The van der Waals surface area contributed by atoms with Crippen molar-refractivity contribution in [1.82, 2.24) is 9.55 Å². The highest BCUT2D eigenvalue weighted by Gasteiger charge is 2.58. The highest BCUT2D eigenvalue weighted by atomic mass is 19.1. The number of hydrogen-bond acceptors (Lipinski definition) is 8. The van der Waals surface area contributed by atoms with Crippen molar-refractivity contribution >= 4 is 17.8 Å². The van der Waals surface area contributed by atoms with E-state index in [1.54, 1.807) is 27.7 Å². The van der Waals surface area contributed by atoms with Gasteiger partial charge in [-0.2, -0.15) is 4.98 Å². The van der Waals surface area contributed by atoms with E-state index in [2.05, 4.69) is 4.98 Å². The second kappa shape index (κ2) is 8.26. The van der Waals surface area contributed by atoms with Crippen LogP contribution in [0.15, 0.2) is 17.1 Å². The normalized spacial score (nSPS) is 27.2. The maximum Gasteiger partial charge on any atom is 0.351 e. The molecular formula is C18H26FN3O6. The molecule has 1 aromatic rings. The van der Waals surface area contributed by atoms with Gasteiger partial charge in [-0.3, -0.25) is 14.2 Å². The summed E-state index contributed by atoms with van der Waals surface area (Å²) < 4.78 is 32.7. The number of carbonyl (C=O) groups excluding carboxylic acids is 2. The van der Waals surface area contributed by atoms with E-state index < -0.39 is 53.6 Å². The van der Waals surface area contributed by atoms with Crippen molar-refractivity contribution in [3.05, 3.63) is 22.7 Å². The summed E-state index contributed by atoms with van der Waals surface area (Å²) in [5.74, 6) is -2.07. The number of nitrogens with two attached hydrogens (primary N) is 1. The highest BCUT2D eigenvalue weighted by molar-refractivity contribution is 5.72. The first-order valence-electron chi connectivity index (χ1n) is 9.01. The highest BCUT2D eigenvalue weighted by Crippen LogP contribution is 2.42. The van der Waals surface area contributed by atoms with Crippen LogP contribution in [0.2, 0.25) is 0 Å². The fourth-order valence-electron chi connectivity index (χ4n) is 2.73. The maximum absolute atomic E-state index is 15.7. The minimum Gasteiger partial charge on any atom is -0.463 e. The number of aromatic nitrogens is 2. The SMILES string of the molecule is CC(C)C(=O)OCC1O[C@@H](n2ccc(N)nc2=O)[C@](C)(F)[C@@H]1OC(=O)C(C)C. The van der Waals surface area contributed by atoms with E-state index in [-0.39, 0.29) is 12.4 Å². The second-order valence-electron chi connectivity index (χ2n) is 7.52. The van der Waals surface area contributed by atoms with Gasteiger partial charge < -0.3 is 19.9 Å². The van der Waals surface area contributed by atoms with Gasteiger partial charge in [0.25, 0.3) is 0 Å². The lowest BCUT2D eigenvalue weighted by atomic mass is 9.98. The van der Waals surface area contributed by atoms with Gasteiger partial charge in [-0.05, 0) is 13.0 Å². The van der Waals surface area contributed by atoms with Gasteiger partial charge in [-0.15, -0.1) is 0 Å². The van der Waals surface area contributed by atoms with Crippen molar-refractivity contribution in [3.8, 4) is 0 Å². The number of hydrogen-bond donors (Lipinski definition) is 1. The lowest BCUT2D eigenvalue weighted by Crippen LogP contribution is -2.46. The molecule has 9 nitrogen and oxygen atoms in total. The van der Waals surface area contributed by atoms with Gasteiger partial charge in [0.05, 0.1) is 11.8 Å². The summed E-state index contributed by atoms with van der Waals surface area (Å²) in [7, 11) is 0. The van der Waals surface area contributed by atoms with E-state index in [4.69, 9.17) is 19.9 Å². The second-order valence-corrected chi connectivity index (χ2v) is 7.52. The fraction of sp³-hybridized carbons (Fsp3) is 0.667. The van der Waals surface area contributed by atoms with Gasteiger partial charge in [0, 0.05) is 6.20 Å².